The molecule has 0 spiro atoms. The van der Waals surface area contributed by atoms with Crippen LogP contribution in [0.15, 0.2) is 36.4 Å². The number of halogens is 2. The molecule has 0 saturated heterocycles. The van der Waals surface area contributed by atoms with Crippen LogP contribution >= 0.6 is 0 Å². The molecule has 1 aliphatic heterocycles. The molecule has 146 valence electrons. The van der Waals surface area contributed by atoms with E-state index in [2.05, 4.69) is 0 Å². The van der Waals surface area contributed by atoms with Crippen LogP contribution in [0, 0.1) is 11.6 Å². The van der Waals surface area contributed by atoms with Crippen molar-refractivity contribution in [2.45, 2.75) is 31.8 Å². The van der Waals surface area contributed by atoms with Gasteiger partial charge in [-0.1, -0.05) is 0 Å². The van der Waals surface area contributed by atoms with E-state index in [-0.39, 0.29) is 11.6 Å². The van der Waals surface area contributed by atoms with Crippen molar-refractivity contribution < 1.29 is 28.1 Å². The lowest BCUT2D eigenvalue weighted by Gasteiger charge is -2.17. The first-order chi connectivity index (χ1) is 13.1. The standard InChI is InChI=1S/C21H24F2O4/c22-17-3-7-20-15(13-17)1-5-19(24)6-2-16-14-18(23)4-8-21(16)27-12-10-25-9-11-26-20/h3-4,7-8,13-14,19,24H,1-2,5-6,9-12H2. The van der Waals surface area contributed by atoms with Crippen LogP contribution in [0.2, 0.25) is 0 Å². The molecule has 6 heteroatoms. The van der Waals surface area contributed by atoms with Gasteiger partial charge in [-0.2, -0.15) is 0 Å². The topological polar surface area (TPSA) is 47.9 Å². The maximum absolute atomic E-state index is 13.6. The molecule has 0 aromatic heterocycles. The Labute approximate surface area is 157 Å². The minimum atomic E-state index is -0.589. The van der Waals surface area contributed by atoms with Crippen molar-refractivity contribution in [3.05, 3.63) is 59.2 Å². The first-order valence-corrected chi connectivity index (χ1v) is 9.20. The van der Waals surface area contributed by atoms with Gasteiger partial charge in [0, 0.05) is 0 Å². The molecule has 0 bridgehead atoms. The average molecular weight is 378 g/mol. The molecule has 1 aliphatic rings. The molecule has 1 N–H and O–H groups in total. The maximum atomic E-state index is 13.6. The zero-order valence-corrected chi connectivity index (χ0v) is 15.1. The predicted molar refractivity (Wildman–Crippen MR) is 97.3 cm³/mol. The minimum Gasteiger partial charge on any atom is -0.491 e. The van der Waals surface area contributed by atoms with Crippen LogP contribution in [0.25, 0.3) is 0 Å². The van der Waals surface area contributed by atoms with E-state index in [1.807, 2.05) is 0 Å². The summed E-state index contributed by atoms with van der Waals surface area (Å²) in [5, 5.41) is 10.3. The molecule has 0 fully saturated rings. The van der Waals surface area contributed by atoms with Gasteiger partial charge in [0.25, 0.3) is 0 Å². The Kier molecular flexibility index (Phi) is 7.01. The first kappa shape index (κ1) is 19.6. The zero-order chi connectivity index (χ0) is 19.1. The SMILES string of the molecule is OC1CCc2cc(F)ccc2OCCOCCOc2ccc(F)cc2CC1. The third-order valence-electron chi connectivity index (χ3n) is 4.51. The normalized spacial score (nSPS) is 17.3. The Balaban J connectivity index is 1.73. The lowest BCUT2D eigenvalue weighted by molar-refractivity contribution is 0.0755. The van der Waals surface area contributed by atoms with E-state index in [1.165, 1.54) is 24.3 Å². The molecule has 4 nitrogen and oxygen atoms in total. The second-order valence-electron chi connectivity index (χ2n) is 6.54. The lowest BCUT2D eigenvalue weighted by atomic mass is 10.00. The number of ether oxygens (including phenoxy) is 3. The van der Waals surface area contributed by atoms with E-state index in [4.69, 9.17) is 14.2 Å². The smallest absolute Gasteiger partial charge is 0.123 e. The van der Waals surface area contributed by atoms with Gasteiger partial charge in [0.15, 0.2) is 0 Å². The third-order valence-corrected chi connectivity index (χ3v) is 4.51. The molecule has 0 saturated carbocycles. The number of hydrogen-bond acceptors (Lipinski definition) is 4. The molecule has 0 atom stereocenters. The second-order valence-corrected chi connectivity index (χ2v) is 6.54. The Morgan fingerprint density at radius 1 is 0.741 bits per heavy atom. The van der Waals surface area contributed by atoms with Crippen molar-refractivity contribution in [1.29, 1.82) is 0 Å². The van der Waals surface area contributed by atoms with Crippen LogP contribution in [0.4, 0.5) is 8.78 Å². The number of aliphatic hydroxyl groups excluding tert-OH is 1. The van der Waals surface area contributed by atoms with Crippen molar-refractivity contribution in [1.82, 2.24) is 0 Å². The molecule has 2 aromatic carbocycles. The molecule has 1 heterocycles. The summed E-state index contributed by atoms with van der Waals surface area (Å²) in [6.45, 7) is 1.42. The summed E-state index contributed by atoms with van der Waals surface area (Å²) in [5.41, 5.74) is 1.44. The Hall–Kier alpha value is -2.18. The van der Waals surface area contributed by atoms with Crippen LogP contribution in [-0.4, -0.2) is 37.6 Å². The summed E-state index contributed by atoms with van der Waals surface area (Å²) in [4.78, 5) is 0. The summed E-state index contributed by atoms with van der Waals surface area (Å²) in [5.74, 6) is 0.531. The summed E-state index contributed by atoms with van der Waals surface area (Å²) in [6.07, 6.45) is 1.31. The fourth-order valence-electron chi connectivity index (χ4n) is 3.08. The van der Waals surface area contributed by atoms with Crippen molar-refractivity contribution in [2.24, 2.45) is 0 Å². The first-order valence-electron chi connectivity index (χ1n) is 9.20. The van der Waals surface area contributed by atoms with Gasteiger partial charge in [-0.15, -0.1) is 0 Å². The van der Waals surface area contributed by atoms with Crippen molar-refractivity contribution >= 4 is 0 Å². The van der Waals surface area contributed by atoms with Gasteiger partial charge in [-0.25, -0.2) is 8.78 Å². The molecule has 0 aliphatic carbocycles. The average Bonchev–Trinajstić information content (AvgIpc) is 2.65. The summed E-state index contributed by atoms with van der Waals surface area (Å²) in [6, 6.07) is 8.78. The van der Waals surface area contributed by atoms with E-state index >= 15 is 0 Å². The van der Waals surface area contributed by atoms with Gasteiger partial charge in [0.05, 0.1) is 19.3 Å². The van der Waals surface area contributed by atoms with Gasteiger partial charge >= 0.3 is 0 Å². The third kappa shape index (κ3) is 5.91. The number of aryl methyl sites for hydroxylation is 2. The van der Waals surface area contributed by atoms with Crippen LogP contribution in [0.3, 0.4) is 0 Å². The van der Waals surface area contributed by atoms with Gasteiger partial charge < -0.3 is 19.3 Å². The molecular weight excluding hydrogens is 354 g/mol. The Bertz CT molecular complexity index is 689. The molecule has 3 rings (SSSR count). The highest BCUT2D eigenvalue weighted by Crippen LogP contribution is 2.25. The zero-order valence-electron chi connectivity index (χ0n) is 15.1. The molecule has 2 aromatic rings. The van der Waals surface area contributed by atoms with E-state index in [9.17, 15) is 13.9 Å². The van der Waals surface area contributed by atoms with Gasteiger partial charge in [0.2, 0.25) is 0 Å². The van der Waals surface area contributed by atoms with Crippen LogP contribution in [0.5, 0.6) is 11.5 Å². The maximum Gasteiger partial charge on any atom is 0.123 e. The van der Waals surface area contributed by atoms with E-state index in [1.54, 1.807) is 12.1 Å². The van der Waals surface area contributed by atoms with Crippen molar-refractivity contribution in [2.75, 3.05) is 26.4 Å². The highest BCUT2D eigenvalue weighted by Gasteiger charge is 2.13. The number of hydrogen-bond donors (Lipinski definition) is 1. The number of aliphatic hydroxyl groups is 1. The van der Waals surface area contributed by atoms with E-state index < -0.39 is 6.10 Å². The highest BCUT2D eigenvalue weighted by atomic mass is 19.1. The fourth-order valence-corrected chi connectivity index (χ4v) is 3.08. The Morgan fingerprint density at radius 3 is 1.70 bits per heavy atom. The number of benzene rings is 2. The Morgan fingerprint density at radius 2 is 1.22 bits per heavy atom. The largest absolute Gasteiger partial charge is 0.491 e. The monoisotopic (exact) mass is 378 g/mol. The van der Waals surface area contributed by atoms with Crippen LogP contribution in [-0.2, 0) is 17.6 Å². The molecule has 27 heavy (non-hydrogen) atoms. The lowest BCUT2D eigenvalue weighted by Crippen LogP contribution is -2.15. The van der Waals surface area contributed by atoms with Gasteiger partial charge in [-0.05, 0) is 73.2 Å². The molecular formula is C21H24F2O4. The molecule has 0 amide bonds. The van der Waals surface area contributed by atoms with Gasteiger partial charge in [0.1, 0.15) is 36.3 Å². The van der Waals surface area contributed by atoms with Gasteiger partial charge in [-0.3, -0.25) is 0 Å². The number of fused-ring (bicyclic) bond motifs is 2. The van der Waals surface area contributed by atoms with Crippen LogP contribution < -0.4 is 9.47 Å². The summed E-state index contributed by atoms with van der Waals surface area (Å²) in [7, 11) is 0. The quantitative estimate of drug-likeness (QED) is 0.760. The fraction of sp³-hybridized carbons (Fsp3) is 0.429. The summed E-state index contributed by atoms with van der Waals surface area (Å²) >= 11 is 0. The highest BCUT2D eigenvalue weighted by molar-refractivity contribution is 5.35. The second kappa shape index (κ2) is 9.67. The summed E-state index contributed by atoms with van der Waals surface area (Å²) < 4.78 is 44.0. The molecule has 0 unspecified atom stereocenters. The number of rotatable bonds is 0. The van der Waals surface area contributed by atoms with Crippen molar-refractivity contribution in [3.8, 4) is 11.5 Å². The van der Waals surface area contributed by atoms with E-state index in [0.717, 1.165) is 11.1 Å². The van der Waals surface area contributed by atoms with Crippen LogP contribution in [0.1, 0.15) is 24.0 Å². The minimum absolute atomic E-state index is 0.334. The van der Waals surface area contributed by atoms with E-state index in [0.29, 0.717) is 63.6 Å². The predicted octanol–water partition coefficient (Wildman–Crippen LogP) is 3.68. The molecule has 0 radical (unpaired) electrons. The van der Waals surface area contributed by atoms with Crippen molar-refractivity contribution in [3.63, 3.8) is 0 Å².